The van der Waals surface area contributed by atoms with Crippen LogP contribution in [0.1, 0.15) is 42.5 Å². The van der Waals surface area contributed by atoms with Crippen LogP contribution in [0.3, 0.4) is 0 Å². The summed E-state index contributed by atoms with van der Waals surface area (Å²) >= 11 is 0. The molecule has 0 heterocycles. The summed E-state index contributed by atoms with van der Waals surface area (Å²) in [6, 6.07) is 17.4. The van der Waals surface area contributed by atoms with Crippen LogP contribution in [0.2, 0.25) is 0 Å². The predicted octanol–water partition coefficient (Wildman–Crippen LogP) is 4.52. The number of amides is 1. The molecule has 0 bridgehead atoms. The first-order chi connectivity index (χ1) is 10.8. The van der Waals surface area contributed by atoms with Crippen LogP contribution in [0.5, 0.6) is 0 Å². The molecule has 1 saturated carbocycles. The second-order valence-corrected chi connectivity index (χ2v) is 5.88. The third-order valence-electron chi connectivity index (χ3n) is 4.37. The minimum atomic E-state index is -0.300. The Morgan fingerprint density at radius 2 is 1.45 bits per heavy atom. The van der Waals surface area contributed by atoms with Crippen molar-refractivity contribution in [2.75, 3.05) is 0 Å². The first kappa shape index (κ1) is 14.8. The lowest BCUT2D eigenvalue weighted by molar-refractivity contribution is -0.0963. The van der Waals surface area contributed by atoms with Gasteiger partial charge in [-0.1, -0.05) is 61.7 Å². The van der Waals surface area contributed by atoms with Crippen molar-refractivity contribution in [2.45, 2.75) is 38.1 Å². The van der Waals surface area contributed by atoms with E-state index in [4.69, 9.17) is 0 Å². The molecule has 0 aliphatic heterocycles. The third kappa shape index (κ3) is 3.20. The average Bonchev–Trinajstić information content (AvgIpc) is 2.62. The van der Waals surface area contributed by atoms with E-state index in [-0.39, 0.29) is 11.9 Å². The molecule has 2 aromatic carbocycles. The van der Waals surface area contributed by atoms with Crippen molar-refractivity contribution in [2.24, 2.45) is 0 Å². The molecular weight excluding hydrogens is 274 g/mol. The highest BCUT2D eigenvalue weighted by molar-refractivity contribution is 5.94. The molecule has 1 aliphatic carbocycles. The van der Waals surface area contributed by atoms with Gasteiger partial charge in [-0.05, 0) is 36.1 Å². The number of hydroxylamine groups is 2. The van der Waals surface area contributed by atoms with Gasteiger partial charge in [-0.15, -0.1) is 0 Å². The van der Waals surface area contributed by atoms with Crippen molar-refractivity contribution in [3.8, 4) is 11.1 Å². The summed E-state index contributed by atoms with van der Waals surface area (Å²) in [6.07, 6.45) is 5.16. The molecular formula is C19H21NO2. The number of hydrogen-bond acceptors (Lipinski definition) is 2. The second-order valence-electron chi connectivity index (χ2n) is 5.88. The fraction of sp³-hybridized carbons (Fsp3) is 0.316. The molecule has 22 heavy (non-hydrogen) atoms. The molecule has 0 atom stereocenters. The van der Waals surface area contributed by atoms with E-state index in [1.54, 1.807) is 12.1 Å². The van der Waals surface area contributed by atoms with E-state index >= 15 is 0 Å². The Balaban J connectivity index is 1.73. The fourth-order valence-corrected chi connectivity index (χ4v) is 3.06. The Morgan fingerprint density at radius 1 is 0.864 bits per heavy atom. The van der Waals surface area contributed by atoms with Crippen molar-refractivity contribution in [3.05, 3.63) is 60.2 Å². The molecule has 0 saturated heterocycles. The quantitative estimate of drug-likeness (QED) is 0.668. The molecule has 0 unspecified atom stereocenters. The molecule has 1 aliphatic rings. The van der Waals surface area contributed by atoms with Gasteiger partial charge in [0.1, 0.15) is 0 Å². The first-order valence-corrected chi connectivity index (χ1v) is 7.93. The molecule has 1 amide bonds. The molecule has 0 spiro atoms. The zero-order valence-corrected chi connectivity index (χ0v) is 12.6. The molecule has 1 fully saturated rings. The SMILES string of the molecule is O=C(c1ccc(-c2ccccc2)cc1)N(O)C1CCCCC1. The highest BCUT2D eigenvalue weighted by atomic mass is 16.5. The van der Waals surface area contributed by atoms with Crippen LogP contribution in [0.15, 0.2) is 54.6 Å². The highest BCUT2D eigenvalue weighted by Crippen LogP contribution is 2.24. The molecule has 2 aromatic rings. The van der Waals surface area contributed by atoms with Gasteiger partial charge in [0.25, 0.3) is 5.91 Å². The molecule has 3 heteroatoms. The van der Waals surface area contributed by atoms with Crippen LogP contribution in [0.25, 0.3) is 11.1 Å². The van der Waals surface area contributed by atoms with Crippen LogP contribution >= 0.6 is 0 Å². The smallest absolute Gasteiger partial charge is 0.277 e. The van der Waals surface area contributed by atoms with Crippen LogP contribution in [-0.2, 0) is 0 Å². The zero-order chi connectivity index (χ0) is 15.4. The van der Waals surface area contributed by atoms with E-state index in [1.807, 2.05) is 42.5 Å². The van der Waals surface area contributed by atoms with Crippen LogP contribution in [-0.4, -0.2) is 22.2 Å². The lowest BCUT2D eigenvalue weighted by Crippen LogP contribution is -2.38. The van der Waals surface area contributed by atoms with Crippen molar-refractivity contribution in [1.82, 2.24) is 5.06 Å². The fourth-order valence-electron chi connectivity index (χ4n) is 3.06. The van der Waals surface area contributed by atoms with Crippen molar-refractivity contribution < 1.29 is 10.0 Å². The van der Waals surface area contributed by atoms with Gasteiger partial charge >= 0.3 is 0 Å². The largest absolute Gasteiger partial charge is 0.285 e. The summed E-state index contributed by atoms with van der Waals surface area (Å²) in [5, 5.41) is 11.1. The molecule has 0 radical (unpaired) electrons. The second kappa shape index (κ2) is 6.75. The minimum absolute atomic E-state index is 0.0324. The third-order valence-corrected chi connectivity index (χ3v) is 4.37. The van der Waals surface area contributed by atoms with Crippen molar-refractivity contribution >= 4 is 5.91 Å². The van der Waals surface area contributed by atoms with Gasteiger partial charge in [0, 0.05) is 5.56 Å². The average molecular weight is 295 g/mol. The lowest BCUT2D eigenvalue weighted by atomic mass is 9.95. The lowest BCUT2D eigenvalue weighted by Gasteiger charge is -2.29. The van der Waals surface area contributed by atoms with Crippen molar-refractivity contribution in [3.63, 3.8) is 0 Å². The van der Waals surface area contributed by atoms with Gasteiger partial charge in [0.15, 0.2) is 0 Å². The van der Waals surface area contributed by atoms with Gasteiger partial charge in [-0.25, -0.2) is 5.06 Å². The van der Waals surface area contributed by atoms with E-state index in [2.05, 4.69) is 0 Å². The number of carbonyl (C=O) groups is 1. The number of rotatable bonds is 3. The van der Waals surface area contributed by atoms with E-state index in [1.165, 1.54) is 6.42 Å². The Labute approximate surface area is 131 Å². The Hall–Kier alpha value is -2.13. The topological polar surface area (TPSA) is 40.5 Å². The van der Waals surface area contributed by atoms with Gasteiger partial charge in [0.05, 0.1) is 6.04 Å². The number of nitrogens with zero attached hydrogens (tertiary/aromatic N) is 1. The Kier molecular flexibility index (Phi) is 4.54. The normalized spacial score (nSPS) is 15.5. The van der Waals surface area contributed by atoms with Gasteiger partial charge < -0.3 is 0 Å². The monoisotopic (exact) mass is 295 g/mol. The predicted molar refractivity (Wildman–Crippen MR) is 86.7 cm³/mol. The number of hydrogen-bond donors (Lipinski definition) is 1. The summed E-state index contributed by atoms with van der Waals surface area (Å²) in [5.74, 6) is -0.300. The Bertz CT molecular complexity index is 616. The number of carbonyl (C=O) groups excluding carboxylic acids is 1. The zero-order valence-electron chi connectivity index (χ0n) is 12.6. The van der Waals surface area contributed by atoms with Crippen LogP contribution < -0.4 is 0 Å². The van der Waals surface area contributed by atoms with Crippen LogP contribution in [0, 0.1) is 0 Å². The molecule has 1 N–H and O–H groups in total. The van der Waals surface area contributed by atoms with Gasteiger partial charge in [0.2, 0.25) is 0 Å². The van der Waals surface area contributed by atoms with E-state index in [0.29, 0.717) is 5.56 Å². The summed E-state index contributed by atoms with van der Waals surface area (Å²) in [4.78, 5) is 12.4. The summed E-state index contributed by atoms with van der Waals surface area (Å²) < 4.78 is 0. The van der Waals surface area contributed by atoms with E-state index in [0.717, 1.165) is 41.9 Å². The Morgan fingerprint density at radius 3 is 2.09 bits per heavy atom. The highest BCUT2D eigenvalue weighted by Gasteiger charge is 2.24. The molecule has 0 aromatic heterocycles. The standard InChI is InChI=1S/C19H21NO2/c21-19(20(22)18-9-5-2-6-10-18)17-13-11-16(12-14-17)15-7-3-1-4-8-15/h1,3-4,7-8,11-14,18,22H,2,5-6,9-10H2. The maximum atomic E-state index is 12.4. The summed E-state index contributed by atoms with van der Waals surface area (Å²) in [7, 11) is 0. The van der Waals surface area contributed by atoms with Crippen LogP contribution in [0.4, 0.5) is 0 Å². The maximum Gasteiger partial charge on any atom is 0.277 e. The number of benzene rings is 2. The molecule has 114 valence electrons. The summed E-state index contributed by atoms with van der Waals surface area (Å²) in [6.45, 7) is 0. The molecule has 3 nitrogen and oxygen atoms in total. The van der Waals surface area contributed by atoms with Gasteiger partial charge in [-0.3, -0.25) is 10.0 Å². The maximum absolute atomic E-state index is 12.4. The first-order valence-electron chi connectivity index (χ1n) is 7.93. The summed E-state index contributed by atoms with van der Waals surface area (Å²) in [5.41, 5.74) is 2.72. The minimum Gasteiger partial charge on any atom is -0.285 e. The molecule has 3 rings (SSSR count). The van der Waals surface area contributed by atoms with E-state index < -0.39 is 0 Å². The van der Waals surface area contributed by atoms with E-state index in [9.17, 15) is 10.0 Å². The van der Waals surface area contributed by atoms with Gasteiger partial charge in [-0.2, -0.15) is 0 Å². The van der Waals surface area contributed by atoms with Crippen molar-refractivity contribution in [1.29, 1.82) is 0 Å².